The van der Waals surface area contributed by atoms with E-state index in [0.29, 0.717) is 12.1 Å². The van der Waals surface area contributed by atoms with Crippen LogP contribution in [0.25, 0.3) is 0 Å². The third-order valence-corrected chi connectivity index (χ3v) is 5.89. The van der Waals surface area contributed by atoms with Crippen LogP contribution in [0.1, 0.15) is 65.7 Å². The average molecular weight is 311 g/mol. The van der Waals surface area contributed by atoms with E-state index in [1.165, 1.54) is 71.1 Å². The first-order valence-corrected chi connectivity index (χ1v) is 9.61. The first-order valence-electron chi connectivity index (χ1n) is 9.61. The van der Waals surface area contributed by atoms with Crippen molar-refractivity contribution in [3.63, 3.8) is 0 Å². The van der Waals surface area contributed by atoms with E-state index in [9.17, 15) is 0 Å². The number of hydrogen-bond acceptors (Lipinski definition) is 3. The number of methoxy groups -OCH3 is 1. The van der Waals surface area contributed by atoms with E-state index in [4.69, 9.17) is 4.74 Å². The van der Waals surface area contributed by atoms with Crippen molar-refractivity contribution in [1.29, 1.82) is 0 Å². The number of rotatable bonds is 7. The van der Waals surface area contributed by atoms with Crippen molar-refractivity contribution >= 4 is 0 Å². The molecular weight excluding hydrogens is 272 g/mol. The van der Waals surface area contributed by atoms with Crippen LogP contribution in [0.15, 0.2) is 0 Å². The minimum Gasteiger partial charge on any atom is -0.381 e. The standard InChI is InChI=1S/C19H38N2O/c1-16(2)21-14-13-20(15-17(21)3)12-6-5-7-18-8-10-19(22-4)11-9-18/h16-19H,5-15H2,1-4H3. The minimum atomic E-state index is 0.551. The molecule has 1 atom stereocenters. The Labute approximate surface area is 138 Å². The van der Waals surface area contributed by atoms with Gasteiger partial charge in [0.25, 0.3) is 0 Å². The largest absolute Gasteiger partial charge is 0.381 e. The van der Waals surface area contributed by atoms with E-state index >= 15 is 0 Å². The summed E-state index contributed by atoms with van der Waals surface area (Å²) in [5, 5.41) is 0. The van der Waals surface area contributed by atoms with Gasteiger partial charge < -0.3 is 9.64 Å². The van der Waals surface area contributed by atoms with Gasteiger partial charge in [-0.05, 0) is 65.3 Å². The lowest BCUT2D eigenvalue weighted by Crippen LogP contribution is -2.54. The molecule has 0 spiro atoms. The van der Waals surface area contributed by atoms with Crippen LogP contribution in [-0.4, -0.2) is 61.3 Å². The molecule has 0 aromatic heterocycles. The summed E-state index contributed by atoms with van der Waals surface area (Å²) in [5.41, 5.74) is 0. The highest BCUT2D eigenvalue weighted by atomic mass is 16.5. The van der Waals surface area contributed by atoms with E-state index in [1.807, 2.05) is 7.11 Å². The molecule has 1 aliphatic carbocycles. The van der Waals surface area contributed by atoms with Crippen molar-refractivity contribution in [2.45, 2.75) is 83.9 Å². The zero-order valence-corrected chi connectivity index (χ0v) is 15.4. The maximum Gasteiger partial charge on any atom is 0.0571 e. The lowest BCUT2D eigenvalue weighted by molar-refractivity contribution is 0.0528. The van der Waals surface area contributed by atoms with Crippen molar-refractivity contribution in [3.8, 4) is 0 Å². The van der Waals surface area contributed by atoms with Crippen LogP contribution in [0, 0.1) is 5.92 Å². The van der Waals surface area contributed by atoms with Gasteiger partial charge in [-0.25, -0.2) is 0 Å². The molecule has 1 aliphatic heterocycles. The third kappa shape index (κ3) is 5.50. The fourth-order valence-corrected chi connectivity index (χ4v) is 4.44. The molecule has 2 fully saturated rings. The lowest BCUT2D eigenvalue weighted by Gasteiger charge is -2.42. The Morgan fingerprint density at radius 3 is 2.36 bits per heavy atom. The molecule has 0 radical (unpaired) electrons. The summed E-state index contributed by atoms with van der Waals surface area (Å²) in [7, 11) is 1.87. The second-order valence-corrected chi connectivity index (χ2v) is 7.86. The van der Waals surface area contributed by atoms with E-state index in [1.54, 1.807) is 0 Å². The van der Waals surface area contributed by atoms with Gasteiger partial charge in [0.05, 0.1) is 6.10 Å². The van der Waals surface area contributed by atoms with Crippen molar-refractivity contribution < 1.29 is 4.74 Å². The highest BCUT2D eigenvalue weighted by Crippen LogP contribution is 2.29. The Morgan fingerprint density at radius 1 is 1.05 bits per heavy atom. The van der Waals surface area contributed by atoms with Crippen LogP contribution in [0.2, 0.25) is 0 Å². The molecule has 1 unspecified atom stereocenters. The van der Waals surface area contributed by atoms with E-state index in [0.717, 1.165) is 12.0 Å². The second kappa shape index (κ2) is 9.24. The molecule has 0 amide bonds. The Bertz CT molecular complexity index is 300. The van der Waals surface area contributed by atoms with E-state index < -0.39 is 0 Å². The van der Waals surface area contributed by atoms with Crippen LogP contribution in [0.3, 0.4) is 0 Å². The molecule has 3 heteroatoms. The Kier molecular flexibility index (Phi) is 7.66. The summed E-state index contributed by atoms with van der Waals surface area (Å²) >= 11 is 0. The van der Waals surface area contributed by atoms with Crippen LogP contribution in [-0.2, 0) is 4.74 Å². The molecule has 0 aromatic carbocycles. The van der Waals surface area contributed by atoms with Crippen molar-refractivity contribution in [2.24, 2.45) is 5.92 Å². The maximum atomic E-state index is 5.47. The fourth-order valence-electron chi connectivity index (χ4n) is 4.44. The predicted molar refractivity (Wildman–Crippen MR) is 94.4 cm³/mol. The number of hydrogen-bond donors (Lipinski definition) is 0. The predicted octanol–water partition coefficient (Wildman–Crippen LogP) is 3.78. The molecule has 1 heterocycles. The van der Waals surface area contributed by atoms with Crippen molar-refractivity contribution in [1.82, 2.24) is 9.80 Å². The SMILES string of the molecule is COC1CCC(CCCCN2CCN(C(C)C)C(C)C2)CC1. The van der Waals surface area contributed by atoms with Crippen LogP contribution < -0.4 is 0 Å². The van der Waals surface area contributed by atoms with Gasteiger partial charge in [-0.1, -0.05) is 12.8 Å². The van der Waals surface area contributed by atoms with Gasteiger partial charge in [-0.15, -0.1) is 0 Å². The Morgan fingerprint density at radius 2 is 1.77 bits per heavy atom. The van der Waals surface area contributed by atoms with Gasteiger partial charge in [0, 0.05) is 38.8 Å². The summed E-state index contributed by atoms with van der Waals surface area (Å²) in [6.07, 6.45) is 10.2. The zero-order chi connectivity index (χ0) is 15.9. The van der Waals surface area contributed by atoms with Crippen molar-refractivity contribution in [3.05, 3.63) is 0 Å². The molecule has 0 aromatic rings. The molecule has 2 aliphatic rings. The maximum absolute atomic E-state index is 5.47. The smallest absolute Gasteiger partial charge is 0.0571 e. The van der Waals surface area contributed by atoms with Crippen LogP contribution in [0.4, 0.5) is 0 Å². The summed E-state index contributed by atoms with van der Waals surface area (Å²) in [5.74, 6) is 0.975. The number of nitrogens with zero attached hydrogens (tertiary/aromatic N) is 2. The zero-order valence-electron chi connectivity index (χ0n) is 15.4. The highest BCUT2D eigenvalue weighted by Gasteiger charge is 2.25. The fraction of sp³-hybridized carbons (Fsp3) is 1.00. The second-order valence-electron chi connectivity index (χ2n) is 7.86. The summed E-state index contributed by atoms with van der Waals surface area (Å²) in [6.45, 7) is 12.1. The highest BCUT2D eigenvalue weighted by molar-refractivity contribution is 4.81. The average Bonchev–Trinajstić information content (AvgIpc) is 2.52. The van der Waals surface area contributed by atoms with Gasteiger partial charge in [0.1, 0.15) is 0 Å². The minimum absolute atomic E-state index is 0.551. The summed E-state index contributed by atoms with van der Waals surface area (Å²) < 4.78 is 5.47. The normalized spacial score (nSPS) is 31.8. The molecule has 22 heavy (non-hydrogen) atoms. The molecule has 3 nitrogen and oxygen atoms in total. The molecular formula is C19H38N2O. The van der Waals surface area contributed by atoms with Crippen LogP contribution >= 0.6 is 0 Å². The summed E-state index contributed by atoms with van der Waals surface area (Å²) in [6, 6.07) is 1.41. The van der Waals surface area contributed by atoms with Gasteiger partial charge in [0.15, 0.2) is 0 Å². The summed E-state index contributed by atoms with van der Waals surface area (Å²) in [4.78, 5) is 5.33. The Hall–Kier alpha value is -0.120. The van der Waals surface area contributed by atoms with Gasteiger partial charge in [0.2, 0.25) is 0 Å². The molecule has 1 saturated carbocycles. The topological polar surface area (TPSA) is 15.7 Å². The molecule has 130 valence electrons. The monoisotopic (exact) mass is 310 g/mol. The number of unbranched alkanes of at least 4 members (excludes halogenated alkanes) is 1. The molecule has 0 N–H and O–H groups in total. The van der Waals surface area contributed by atoms with Gasteiger partial charge in [-0.2, -0.15) is 0 Å². The third-order valence-electron chi connectivity index (χ3n) is 5.89. The quantitative estimate of drug-likeness (QED) is 0.666. The van der Waals surface area contributed by atoms with E-state index in [-0.39, 0.29) is 0 Å². The molecule has 1 saturated heterocycles. The van der Waals surface area contributed by atoms with Crippen LogP contribution in [0.5, 0.6) is 0 Å². The lowest BCUT2D eigenvalue weighted by atomic mass is 9.84. The molecule has 0 bridgehead atoms. The first kappa shape index (κ1) is 18.2. The van der Waals surface area contributed by atoms with Gasteiger partial charge >= 0.3 is 0 Å². The number of ether oxygens (including phenoxy) is 1. The number of piperazine rings is 1. The molecule has 2 rings (SSSR count). The van der Waals surface area contributed by atoms with Crippen molar-refractivity contribution in [2.75, 3.05) is 33.3 Å². The Balaban J connectivity index is 1.54. The first-order chi connectivity index (χ1) is 10.6. The van der Waals surface area contributed by atoms with E-state index in [2.05, 4.69) is 30.6 Å². The van der Waals surface area contributed by atoms with Gasteiger partial charge in [-0.3, -0.25) is 4.90 Å².